The Kier molecular flexibility index (Phi) is 4.29. The number of nitrogens with one attached hydrogen (secondary N) is 1. The zero-order valence-electron chi connectivity index (χ0n) is 15.1. The molecule has 0 fully saturated rings. The van der Waals surface area contributed by atoms with E-state index in [-0.39, 0.29) is 12.0 Å². The minimum Gasteiger partial charge on any atom is -0.485 e. The maximum atomic E-state index is 12.8. The largest absolute Gasteiger partial charge is 0.485 e. The average molecular weight is 349 g/mol. The Morgan fingerprint density at radius 1 is 1.23 bits per heavy atom. The molecule has 2 heterocycles. The number of benzene rings is 2. The van der Waals surface area contributed by atoms with Crippen molar-refractivity contribution >= 4 is 22.5 Å². The summed E-state index contributed by atoms with van der Waals surface area (Å²) in [4.78, 5) is 20.0. The van der Waals surface area contributed by atoms with Gasteiger partial charge < -0.3 is 19.5 Å². The first-order chi connectivity index (χ1) is 12.7. The molecule has 4 rings (SSSR count). The van der Waals surface area contributed by atoms with Gasteiger partial charge in [0.15, 0.2) is 0 Å². The fourth-order valence-electron chi connectivity index (χ4n) is 3.56. The van der Waals surface area contributed by atoms with E-state index >= 15 is 0 Å². The number of fused-ring (bicyclic) bond motifs is 2. The van der Waals surface area contributed by atoms with Gasteiger partial charge in [-0.15, -0.1) is 0 Å². The van der Waals surface area contributed by atoms with Crippen molar-refractivity contribution < 1.29 is 9.53 Å². The summed E-state index contributed by atoms with van der Waals surface area (Å²) in [5, 5.41) is 1.05. The third kappa shape index (κ3) is 3.01. The van der Waals surface area contributed by atoms with Crippen LogP contribution in [0.25, 0.3) is 10.9 Å². The molecule has 5 nitrogen and oxygen atoms in total. The predicted molar refractivity (Wildman–Crippen MR) is 104 cm³/mol. The molecule has 1 atom stereocenters. The summed E-state index contributed by atoms with van der Waals surface area (Å²) in [7, 11) is 1.83. The molecule has 1 N–H and O–H groups in total. The van der Waals surface area contributed by atoms with E-state index in [4.69, 9.17) is 4.74 Å². The van der Waals surface area contributed by atoms with Crippen LogP contribution in [0.3, 0.4) is 0 Å². The number of aromatic amines is 1. The number of H-pyrrole nitrogens is 1. The van der Waals surface area contributed by atoms with Crippen molar-refractivity contribution in [3.63, 3.8) is 0 Å². The van der Waals surface area contributed by atoms with Gasteiger partial charge in [0.2, 0.25) is 0 Å². The molecule has 0 aliphatic carbocycles. The number of likely N-dealkylation sites (N-methyl/N-ethyl adjacent to an activating group) is 2. The van der Waals surface area contributed by atoms with Gasteiger partial charge in [0.1, 0.15) is 17.5 Å². The number of amides is 1. The van der Waals surface area contributed by atoms with Gasteiger partial charge in [0.25, 0.3) is 5.91 Å². The summed E-state index contributed by atoms with van der Waals surface area (Å²) in [5.41, 5.74) is 2.71. The van der Waals surface area contributed by atoms with Crippen LogP contribution in [-0.2, 0) is 0 Å². The first-order valence-corrected chi connectivity index (χ1v) is 8.99. The smallest absolute Gasteiger partial charge is 0.270 e. The number of hydrogen-bond acceptors (Lipinski definition) is 3. The Balaban J connectivity index is 1.49. The first kappa shape index (κ1) is 16.5. The number of carbonyl (C=O) groups excluding carboxylic acids is 1. The Labute approximate surface area is 153 Å². The number of carbonyl (C=O) groups is 1. The molecular formula is C21H23N3O2. The predicted octanol–water partition coefficient (Wildman–Crippen LogP) is 3.53. The van der Waals surface area contributed by atoms with Crippen molar-refractivity contribution in [1.82, 2.24) is 9.88 Å². The second-order valence-corrected chi connectivity index (χ2v) is 6.70. The lowest BCUT2D eigenvalue weighted by atomic mass is 10.1. The van der Waals surface area contributed by atoms with E-state index in [9.17, 15) is 4.79 Å². The lowest BCUT2D eigenvalue weighted by Crippen LogP contribution is -2.46. The fraction of sp³-hybridized carbons (Fsp3) is 0.286. The zero-order valence-corrected chi connectivity index (χ0v) is 15.1. The molecule has 0 saturated heterocycles. The summed E-state index contributed by atoms with van der Waals surface area (Å²) in [5.74, 6) is 0.865. The second kappa shape index (κ2) is 6.75. The van der Waals surface area contributed by atoms with Crippen molar-refractivity contribution in [3.8, 4) is 5.75 Å². The van der Waals surface area contributed by atoms with Crippen molar-refractivity contribution in [2.45, 2.75) is 13.0 Å². The topological polar surface area (TPSA) is 48.6 Å². The van der Waals surface area contributed by atoms with Crippen LogP contribution in [-0.4, -0.2) is 48.6 Å². The van der Waals surface area contributed by atoms with Crippen molar-refractivity contribution in [2.24, 2.45) is 0 Å². The summed E-state index contributed by atoms with van der Waals surface area (Å²) in [6.45, 7) is 4.37. The Morgan fingerprint density at radius 2 is 2.00 bits per heavy atom. The Morgan fingerprint density at radius 3 is 2.81 bits per heavy atom. The van der Waals surface area contributed by atoms with Gasteiger partial charge in [-0.05, 0) is 31.2 Å². The van der Waals surface area contributed by atoms with Crippen LogP contribution in [0.2, 0.25) is 0 Å². The van der Waals surface area contributed by atoms with E-state index in [1.54, 1.807) is 4.90 Å². The average Bonchev–Trinajstić information content (AvgIpc) is 3.10. The number of aromatic nitrogens is 1. The van der Waals surface area contributed by atoms with E-state index in [1.807, 2.05) is 55.6 Å². The van der Waals surface area contributed by atoms with Crippen LogP contribution in [0, 0.1) is 0 Å². The van der Waals surface area contributed by atoms with Crippen LogP contribution in [0.15, 0.2) is 54.6 Å². The lowest BCUT2D eigenvalue weighted by molar-refractivity contribution is 0.0705. The molecule has 26 heavy (non-hydrogen) atoms. The summed E-state index contributed by atoms with van der Waals surface area (Å²) < 4.78 is 6.13. The van der Waals surface area contributed by atoms with Crippen LogP contribution >= 0.6 is 0 Å². The standard InChI is InChI=1S/C21H23N3O2/c1-3-24-14-16(26-20-11-7-6-10-19(20)24)13-23(2)21(25)18-12-15-8-4-5-9-17(15)22-18/h4-12,16,22H,3,13-14H2,1-2H3/t16-/m0/s1. The van der Waals surface area contributed by atoms with Gasteiger partial charge in [0, 0.05) is 24.5 Å². The third-order valence-electron chi connectivity index (χ3n) is 4.89. The van der Waals surface area contributed by atoms with Gasteiger partial charge in [-0.3, -0.25) is 4.79 Å². The monoisotopic (exact) mass is 349 g/mol. The third-order valence-corrected chi connectivity index (χ3v) is 4.89. The van der Waals surface area contributed by atoms with Crippen LogP contribution in [0.5, 0.6) is 5.75 Å². The van der Waals surface area contributed by atoms with E-state index in [2.05, 4.69) is 22.9 Å². The zero-order chi connectivity index (χ0) is 18.1. The number of ether oxygens (including phenoxy) is 1. The van der Waals surface area contributed by atoms with E-state index in [1.165, 1.54) is 0 Å². The summed E-state index contributed by atoms with van der Waals surface area (Å²) in [6.07, 6.45) is -0.0526. The maximum Gasteiger partial charge on any atom is 0.270 e. The van der Waals surface area contributed by atoms with Gasteiger partial charge in [-0.1, -0.05) is 30.3 Å². The molecular weight excluding hydrogens is 326 g/mol. The summed E-state index contributed by atoms with van der Waals surface area (Å²) >= 11 is 0. The number of anilines is 1. The highest BCUT2D eigenvalue weighted by Crippen LogP contribution is 2.32. The quantitative estimate of drug-likeness (QED) is 0.784. The number of para-hydroxylation sites is 3. The highest BCUT2D eigenvalue weighted by molar-refractivity contribution is 5.97. The number of rotatable bonds is 4. The molecule has 3 aromatic rings. The molecule has 134 valence electrons. The molecule has 1 amide bonds. The van der Waals surface area contributed by atoms with Gasteiger partial charge in [0.05, 0.1) is 18.8 Å². The molecule has 0 radical (unpaired) electrons. The molecule has 1 aliphatic rings. The van der Waals surface area contributed by atoms with Crippen molar-refractivity contribution in [2.75, 3.05) is 31.6 Å². The molecule has 5 heteroatoms. The molecule has 1 aromatic heterocycles. The van der Waals surface area contributed by atoms with Gasteiger partial charge in [-0.2, -0.15) is 0 Å². The number of hydrogen-bond donors (Lipinski definition) is 1. The highest BCUT2D eigenvalue weighted by Gasteiger charge is 2.27. The van der Waals surface area contributed by atoms with E-state index in [0.717, 1.165) is 35.4 Å². The lowest BCUT2D eigenvalue weighted by Gasteiger charge is -2.37. The second-order valence-electron chi connectivity index (χ2n) is 6.70. The molecule has 2 aromatic carbocycles. The van der Waals surface area contributed by atoms with Crippen molar-refractivity contribution in [3.05, 3.63) is 60.3 Å². The maximum absolute atomic E-state index is 12.8. The molecule has 0 bridgehead atoms. The Bertz CT molecular complexity index is 901. The van der Waals surface area contributed by atoms with Crippen molar-refractivity contribution in [1.29, 1.82) is 0 Å². The minimum atomic E-state index is -0.0526. The molecule has 1 aliphatic heterocycles. The first-order valence-electron chi connectivity index (χ1n) is 8.99. The minimum absolute atomic E-state index is 0.0216. The Hall–Kier alpha value is -2.95. The molecule has 0 saturated carbocycles. The van der Waals surface area contributed by atoms with Crippen LogP contribution in [0.4, 0.5) is 5.69 Å². The molecule has 0 unspecified atom stereocenters. The van der Waals surface area contributed by atoms with Crippen LogP contribution < -0.4 is 9.64 Å². The van der Waals surface area contributed by atoms with E-state index in [0.29, 0.717) is 12.2 Å². The highest BCUT2D eigenvalue weighted by atomic mass is 16.5. The normalized spacial score (nSPS) is 16.2. The number of nitrogens with zero attached hydrogens (tertiary/aromatic N) is 2. The van der Waals surface area contributed by atoms with Crippen LogP contribution in [0.1, 0.15) is 17.4 Å². The molecule has 0 spiro atoms. The fourth-order valence-corrected chi connectivity index (χ4v) is 3.56. The van der Waals surface area contributed by atoms with E-state index < -0.39 is 0 Å². The SMILES string of the molecule is CCN1C[C@H](CN(C)C(=O)c2cc3ccccc3[nH]2)Oc2ccccc21. The van der Waals surface area contributed by atoms with Gasteiger partial charge >= 0.3 is 0 Å². The van der Waals surface area contributed by atoms with Gasteiger partial charge in [-0.25, -0.2) is 0 Å². The summed E-state index contributed by atoms with van der Waals surface area (Å²) in [6, 6.07) is 17.9.